The molecule has 0 saturated carbocycles. The van der Waals surface area contributed by atoms with Crippen LogP contribution in [0.5, 0.6) is 5.75 Å². The van der Waals surface area contributed by atoms with Gasteiger partial charge in [0.2, 0.25) is 0 Å². The number of benzene rings is 1. The van der Waals surface area contributed by atoms with Crippen molar-refractivity contribution in [2.75, 3.05) is 5.73 Å². The van der Waals surface area contributed by atoms with Crippen molar-refractivity contribution in [1.82, 2.24) is 4.98 Å². The molecule has 0 fully saturated rings. The Morgan fingerprint density at radius 1 is 1.28 bits per heavy atom. The minimum absolute atomic E-state index is 0.237. The molecule has 1 aromatic heterocycles. The predicted octanol–water partition coefficient (Wildman–Crippen LogP) is 4.31. The highest BCUT2D eigenvalue weighted by Crippen LogP contribution is 2.28. The molecule has 0 aliphatic carbocycles. The van der Waals surface area contributed by atoms with Crippen molar-refractivity contribution in [3.63, 3.8) is 0 Å². The lowest BCUT2D eigenvalue weighted by atomic mass is 10.2. The zero-order valence-electron chi connectivity index (χ0n) is 9.16. The molecule has 6 heteroatoms. The van der Waals surface area contributed by atoms with Crippen molar-refractivity contribution < 1.29 is 4.74 Å². The van der Waals surface area contributed by atoms with Crippen LogP contribution in [0.4, 0.5) is 5.82 Å². The second-order valence-corrected chi connectivity index (χ2v) is 5.26. The fourth-order valence-electron chi connectivity index (χ4n) is 1.37. The molecular formula is C12H9BrCl2N2O. The molecular weight excluding hydrogens is 339 g/mol. The first-order chi connectivity index (χ1) is 8.58. The molecule has 2 N–H and O–H groups in total. The smallest absolute Gasteiger partial charge is 0.166 e. The molecule has 0 aliphatic heterocycles. The van der Waals surface area contributed by atoms with E-state index in [0.717, 1.165) is 10.0 Å². The number of hydrogen-bond acceptors (Lipinski definition) is 3. The Kier molecular flexibility index (Phi) is 4.32. The van der Waals surface area contributed by atoms with E-state index in [9.17, 15) is 0 Å². The Bertz CT molecular complexity index is 558. The molecule has 0 atom stereocenters. The fraction of sp³-hybridized carbons (Fsp3) is 0.0833. The first kappa shape index (κ1) is 13.5. The van der Waals surface area contributed by atoms with E-state index in [0.29, 0.717) is 21.6 Å². The summed E-state index contributed by atoms with van der Waals surface area (Å²) >= 11 is 15.4. The van der Waals surface area contributed by atoms with Gasteiger partial charge in [-0.15, -0.1) is 0 Å². The van der Waals surface area contributed by atoms with E-state index in [1.807, 2.05) is 0 Å². The maximum atomic E-state index is 6.05. The summed E-state index contributed by atoms with van der Waals surface area (Å²) in [4.78, 5) is 3.98. The Hall–Kier alpha value is -0.970. The first-order valence-electron chi connectivity index (χ1n) is 5.04. The third kappa shape index (κ3) is 3.07. The summed E-state index contributed by atoms with van der Waals surface area (Å²) in [5, 5.41) is 1.12. The minimum atomic E-state index is 0.237. The number of halogens is 3. The van der Waals surface area contributed by atoms with Crippen LogP contribution in [0, 0.1) is 0 Å². The summed E-state index contributed by atoms with van der Waals surface area (Å²) in [6.45, 7) is 0.237. The van der Waals surface area contributed by atoms with E-state index in [1.165, 1.54) is 0 Å². The van der Waals surface area contributed by atoms with Crippen LogP contribution in [0.15, 0.2) is 34.9 Å². The standard InChI is InChI=1S/C12H9BrCl2N2O/c13-7-4-11(12(16)17-5-7)18-6-8-9(14)2-1-3-10(8)15/h1-5H,6H2,(H2,16,17). The van der Waals surface area contributed by atoms with Gasteiger partial charge < -0.3 is 10.5 Å². The molecule has 3 nitrogen and oxygen atoms in total. The normalized spacial score (nSPS) is 10.4. The zero-order valence-corrected chi connectivity index (χ0v) is 12.3. The monoisotopic (exact) mass is 346 g/mol. The van der Waals surface area contributed by atoms with Crippen LogP contribution in [0.1, 0.15) is 5.56 Å². The summed E-state index contributed by atoms with van der Waals surface area (Å²) in [6.07, 6.45) is 1.60. The van der Waals surface area contributed by atoms with E-state index >= 15 is 0 Å². The van der Waals surface area contributed by atoms with Gasteiger partial charge in [-0.2, -0.15) is 0 Å². The van der Waals surface area contributed by atoms with E-state index in [2.05, 4.69) is 20.9 Å². The van der Waals surface area contributed by atoms with Crippen LogP contribution in [0.3, 0.4) is 0 Å². The van der Waals surface area contributed by atoms with Crippen LogP contribution in [0.25, 0.3) is 0 Å². The number of nitrogen functional groups attached to an aromatic ring is 1. The molecule has 2 rings (SSSR count). The maximum absolute atomic E-state index is 6.05. The van der Waals surface area contributed by atoms with Crippen LogP contribution >= 0.6 is 39.1 Å². The van der Waals surface area contributed by atoms with Gasteiger partial charge in [-0.05, 0) is 34.1 Å². The van der Waals surface area contributed by atoms with Gasteiger partial charge in [-0.25, -0.2) is 4.98 Å². The van der Waals surface area contributed by atoms with E-state index in [1.54, 1.807) is 30.5 Å². The summed E-state index contributed by atoms with van der Waals surface area (Å²) < 4.78 is 6.37. The van der Waals surface area contributed by atoms with Crippen molar-refractivity contribution >= 4 is 44.9 Å². The average Bonchev–Trinajstić information content (AvgIpc) is 2.33. The Labute approximate surface area is 123 Å². The first-order valence-corrected chi connectivity index (χ1v) is 6.59. The van der Waals surface area contributed by atoms with E-state index in [4.69, 9.17) is 33.7 Å². The summed E-state index contributed by atoms with van der Waals surface area (Å²) in [6, 6.07) is 7.04. The van der Waals surface area contributed by atoms with Crippen molar-refractivity contribution in [2.45, 2.75) is 6.61 Å². The lowest BCUT2D eigenvalue weighted by Crippen LogP contribution is -2.01. The van der Waals surface area contributed by atoms with E-state index < -0.39 is 0 Å². The Balaban J connectivity index is 2.19. The van der Waals surface area contributed by atoms with Crippen molar-refractivity contribution in [1.29, 1.82) is 0 Å². The number of rotatable bonds is 3. The molecule has 94 valence electrons. The summed E-state index contributed by atoms with van der Waals surface area (Å²) in [5.74, 6) is 0.807. The predicted molar refractivity (Wildman–Crippen MR) is 77.1 cm³/mol. The number of nitrogens with two attached hydrogens (primary N) is 1. The summed E-state index contributed by atoms with van der Waals surface area (Å²) in [5.41, 5.74) is 6.43. The van der Waals surface area contributed by atoms with Gasteiger partial charge in [0, 0.05) is 26.3 Å². The number of pyridine rings is 1. The van der Waals surface area contributed by atoms with Crippen LogP contribution in [0.2, 0.25) is 10.0 Å². The van der Waals surface area contributed by atoms with Gasteiger partial charge >= 0.3 is 0 Å². The number of hydrogen-bond donors (Lipinski definition) is 1. The van der Waals surface area contributed by atoms with Crippen LogP contribution in [-0.4, -0.2) is 4.98 Å². The van der Waals surface area contributed by atoms with Crippen LogP contribution in [-0.2, 0) is 6.61 Å². The van der Waals surface area contributed by atoms with Crippen molar-refractivity contribution in [3.8, 4) is 5.75 Å². The number of anilines is 1. The summed E-state index contributed by atoms with van der Waals surface area (Å²) in [7, 11) is 0. The maximum Gasteiger partial charge on any atom is 0.166 e. The van der Waals surface area contributed by atoms with Gasteiger partial charge in [-0.1, -0.05) is 29.3 Å². The third-order valence-electron chi connectivity index (χ3n) is 2.28. The molecule has 0 aliphatic rings. The number of nitrogens with zero attached hydrogens (tertiary/aromatic N) is 1. The van der Waals surface area contributed by atoms with Crippen molar-refractivity contribution in [3.05, 3.63) is 50.5 Å². The molecule has 18 heavy (non-hydrogen) atoms. The Morgan fingerprint density at radius 2 is 1.94 bits per heavy atom. The third-order valence-corrected chi connectivity index (χ3v) is 3.42. The molecule has 0 bridgehead atoms. The highest BCUT2D eigenvalue weighted by atomic mass is 79.9. The molecule has 2 aromatic rings. The van der Waals surface area contributed by atoms with Gasteiger partial charge in [0.15, 0.2) is 11.6 Å². The van der Waals surface area contributed by atoms with E-state index in [-0.39, 0.29) is 6.61 Å². The molecule has 0 saturated heterocycles. The van der Waals surface area contributed by atoms with Gasteiger partial charge in [0.25, 0.3) is 0 Å². The molecule has 0 amide bonds. The van der Waals surface area contributed by atoms with Crippen LogP contribution < -0.4 is 10.5 Å². The highest BCUT2D eigenvalue weighted by Gasteiger charge is 2.08. The SMILES string of the molecule is Nc1ncc(Br)cc1OCc1c(Cl)cccc1Cl. The topological polar surface area (TPSA) is 48.1 Å². The lowest BCUT2D eigenvalue weighted by Gasteiger charge is -2.10. The average molecular weight is 348 g/mol. The molecule has 0 radical (unpaired) electrons. The lowest BCUT2D eigenvalue weighted by molar-refractivity contribution is 0.307. The second-order valence-electron chi connectivity index (χ2n) is 3.53. The molecule has 0 spiro atoms. The molecule has 1 heterocycles. The van der Waals surface area contributed by atoms with Crippen molar-refractivity contribution in [2.24, 2.45) is 0 Å². The fourth-order valence-corrected chi connectivity index (χ4v) is 2.18. The molecule has 1 aromatic carbocycles. The number of aromatic nitrogens is 1. The minimum Gasteiger partial charge on any atom is -0.485 e. The Morgan fingerprint density at radius 3 is 2.61 bits per heavy atom. The van der Waals surface area contributed by atoms with Gasteiger partial charge in [0.1, 0.15) is 6.61 Å². The van der Waals surface area contributed by atoms with Gasteiger partial charge in [-0.3, -0.25) is 0 Å². The quantitative estimate of drug-likeness (QED) is 0.899. The second kappa shape index (κ2) is 5.78. The van der Waals surface area contributed by atoms with Gasteiger partial charge in [0.05, 0.1) is 0 Å². The highest BCUT2D eigenvalue weighted by molar-refractivity contribution is 9.10. The largest absolute Gasteiger partial charge is 0.485 e. The zero-order chi connectivity index (χ0) is 13.1. The molecule has 0 unspecified atom stereocenters. The number of ether oxygens (including phenoxy) is 1.